The van der Waals surface area contributed by atoms with Gasteiger partial charge in [-0.05, 0) is 61.0 Å². The number of primary sulfonamides is 1. The number of hydrogen-bond donors (Lipinski definition) is 2. The van der Waals surface area contributed by atoms with Crippen LogP contribution in [0.3, 0.4) is 0 Å². The molecule has 8 heteroatoms. The van der Waals surface area contributed by atoms with Crippen LogP contribution in [0.25, 0.3) is 17.4 Å². The highest BCUT2D eigenvalue weighted by Crippen LogP contribution is 2.27. The normalized spacial score (nSPS) is 11.7. The van der Waals surface area contributed by atoms with Crippen molar-refractivity contribution in [3.8, 4) is 11.3 Å². The maximum Gasteiger partial charge on any atom is 0.248 e. The summed E-state index contributed by atoms with van der Waals surface area (Å²) in [6.07, 6.45) is 2.85. The fraction of sp³-hybridized carbons (Fsp3) is 0.0500. The van der Waals surface area contributed by atoms with Crippen LogP contribution in [-0.4, -0.2) is 14.3 Å². The number of nitrogens with one attached hydrogen (secondary N) is 1. The minimum Gasteiger partial charge on any atom is -0.457 e. The summed E-state index contributed by atoms with van der Waals surface area (Å²) in [6, 6.07) is 14.7. The zero-order valence-corrected chi connectivity index (χ0v) is 16.4. The van der Waals surface area contributed by atoms with E-state index in [-0.39, 0.29) is 10.8 Å². The Bertz CT molecular complexity index is 1150. The summed E-state index contributed by atoms with van der Waals surface area (Å²) in [4.78, 5) is 12.0. The Morgan fingerprint density at radius 3 is 2.46 bits per heavy atom. The summed E-state index contributed by atoms with van der Waals surface area (Å²) in [6.45, 7) is 1.92. The lowest BCUT2D eigenvalue weighted by atomic mass is 10.1. The number of hydrogen-bond acceptors (Lipinski definition) is 4. The van der Waals surface area contributed by atoms with Crippen LogP contribution in [0, 0.1) is 6.92 Å². The number of benzene rings is 2. The summed E-state index contributed by atoms with van der Waals surface area (Å²) in [5.41, 5.74) is 2.26. The van der Waals surface area contributed by atoms with Crippen LogP contribution in [0.4, 0.5) is 5.69 Å². The van der Waals surface area contributed by atoms with Gasteiger partial charge in [0.1, 0.15) is 11.5 Å². The molecule has 3 N–H and O–H groups in total. The molecule has 0 saturated heterocycles. The van der Waals surface area contributed by atoms with E-state index < -0.39 is 10.0 Å². The Labute approximate surface area is 167 Å². The van der Waals surface area contributed by atoms with Crippen molar-refractivity contribution in [2.45, 2.75) is 11.8 Å². The van der Waals surface area contributed by atoms with Crippen molar-refractivity contribution in [2.75, 3.05) is 5.32 Å². The molecule has 0 aliphatic carbocycles. The van der Waals surface area contributed by atoms with Crippen molar-refractivity contribution < 1.29 is 17.6 Å². The Balaban J connectivity index is 1.66. The van der Waals surface area contributed by atoms with Gasteiger partial charge in [-0.25, -0.2) is 13.6 Å². The van der Waals surface area contributed by atoms with Gasteiger partial charge in [-0.3, -0.25) is 4.79 Å². The molecule has 0 radical (unpaired) electrons. The van der Waals surface area contributed by atoms with E-state index in [1.807, 2.05) is 25.1 Å². The van der Waals surface area contributed by atoms with Crippen molar-refractivity contribution in [1.29, 1.82) is 0 Å². The zero-order chi connectivity index (χ0) is 20.3. The van der Waals surface area contributed by atoms with Gasteiger partial charge >= 0.3 is 0 Å². The summed E-state index contributed by atoms with van der Waals surface area (Å²) in [5.74, 6) is 0.756. The Morgan fingerprint density at radius 1 is 1.11 bits per heavy atom. The number of sulfonamides is 1. The fourth-order valence-corrected chi connectivity index (χ4v) is 3.11. The maximum atomic E-state index is 12.0. The molecule has 1 aromatic heterocycles. The van der Waals surface area contributed by atoms with Crippen molar-refractivity contribution in [3.05, 3.63) is 77.0 Å². The lowest BCUT2D eigenvalue weighted by molar-refractivity contribution is -0.111. The van der Waals surface area contributed by atoms with E-state index in [1.165, 1.54) is 36.4 Å². The number of halogens is 1. The third-order valence-corrected chi connectivity index (χ3v) is 5.27. The number of nitrogens with two attached hydrogens (primary N) is 1. The first-order chi connectivity index (χ1) is 13.2. The predicted molar refractivity (Wildman–Crippen MR) is 109 cm³/mol. The van der Waals surface area contributed by atoms with Crippen molar-refractivity contribution in [1.82, 2.24) is 0 Å². The summed E-state index contributed by atoms with van der Waals surface area (Å²) in [7, 11) is -3.77. The van der Waals surface area contributed by atoms with Gasteiger partial charge < -0.3 is 9.73 Å². The highest BCUT2D eigenvalue weighted by atomic mass is 35.5. The molecule has 1 heterocycles. The number of aryl methyl sites for hydroxylation is 1. The number of amides is 1. The van der Waals surface area contributed by atoms with E-state index in [0.29, 0.717) is 22.2 Å². The van der Waals surface area contributed by atoms with Gasteiger partial charge in [0.25, 0.3) is 0 Å². The molecular weight excluding hydrogens is 400 g/mol. The number of rotatable bonds is 5. The number of carbonyl (C=O) groups is 1. The molecule has 0 bridgehead atoms. The first kappa shape index (κ1) is 19.9. The van der Waals surface area contributed by atoms with Gasteiger partial charge in [0.05, 0.1) is 4.90 Å². The molecule has 6 nitrogen and oxygen atoms in total. The molecule has 0 saturated carbocycles. The lowest BCUT2D eigenvalue weighted by Gasteiger charge is -2.03. The molecule has 0 unspecified atom stereocenters. The maximum absolute atomic E-state index is 12.0. The lowest BCUT2D eigenvalue weighted by Crippen LogP contribution is -2.12. The molecule has 2 aromatic carbocycles. The van der Waals surface area contributed by atoms with E-state index in [1.54, 1.807) is 12.1 Å². The van der Waals surface area contributed by atoms with Crippen LogP contribution in [0.5, 0.6) is 0 Å². The average molecular weight is 417 g/mol. The summed E-state index contributed by atoms with van der Waals surface area (Å²) >= 11 is 6.14. The molecule has 0 fully saturated rings. The van der Waals surface area contributed by atoms with Crippen molar-refractivity contribution >= 4 is 39.3 Å². The van der Waals surface area contributed by atoms with Crippen LogP contribution >= 0.6 is 11.6 Å². The van der Waals surface area contributed by atoms with E-state index >= 15 is 0 Å². The highest BCUT2D eigenvalue weighted by Gasteiger charge is 2.08. The van der Waals surface area contributed by atoms with E-state index in [2.05, 4.69) is 5.32 Å². The van der Waals surface area contributed by atoms with Crippen molar-refractivity contribution in [2.24, 2.45) is 5.14 Å². The quantitative estimate of drug-likeness (QED) is 0.608. The summed E-state index contributed by atoms with van der Waals surface area (Å²) in [5, 5.41) is 8.31. The van der Waals surface area contributed by atoms with Crippen LogP contribution in [0.15, 0.2) is 70.0 Å². The molecule has 3 aromatic rings. The SMILES string of the molecule is Cc1ccc(-c2ccc(/C=C/C(=O)Nc3ccc(S(N)(=O)=O)cc3)o2)cc1Cl. The topological polar surface area (TPSA) is 102 Å². The molecule has 0 aliphatic heterocycles. The number of carbonyl (C=O) groups excluding carboxylic acids is 1. The third-order valence-electron chi connectivity index (χ3n) is 3.93. The van der Waals surface area contributed by atoms with Gasteiger partial charge in [-0.15, -0.1) is 0 Å². The standard InChI is InChI=1S/C20H17ClN2O4S/c1-13-2-3-14(12-18(13)21)19-10-6-16(27-19)7-11-20(24)23-15-4-8-17(9-5-15)28(22,25)26/h2-12H,1H3,(H,23,24)(H2,22,25,26)/b11-7+. The molecule has 144 valence electrons. The minimum atomic E-state index is -3.77. The third kappa shape index (κ3) is 4.89. The first-order valence-electron chi connectivity index (χ1n) is 8.21. The van der Waals surface area contributed by atoms with Gasteiger partial charge in [-0.1, -0.05) is 23.7 Å². The molecule has 0 spiro atoms. The second-order valence-corrected chi connectivity index (χ2v) is 8.03. The van der Waals surface area contributed by atoms with E-state index in [0.717, 1.165) is 11.1 Å². The Morgan fingerprint density at radius 2 is 1.82 bits per heavy atom. The first-order valence-corrected chi connectivity index (χ1v) is 10.1. The van der Waals surface area contributed by atoms with Crippen molar-refractivity contribution in [3.63, 3.8) is 0 Å². The molecule has 3 rings (SSSR count). The second kappa shape index (κ2) is 8.02. The smallest absolute Gasteiger partial charge is 0.248 e. The molecule has 0 aliphatic rings. The minimum absolute atomic E-state index is 0.0274. The molecule has 0 atom stereocenters. The predicted octanol–water partition coefficient (Wildman–Crippen LogP) is 4.21. The fourth-order valence-electron chi connectivity index (χ4n) is 2.41. The van der Waals surface area contributed by atoms with Gasteiger partial charge in [-0.2, -0.15) is 0 Å². The van der Waals surface area contributed by atoms with Gasteiger partial charge in [0.2, 0.25) is 15.9 Å². The van der Waals surface area contributed by atoms with E-state index in [9.17, 15) is 13.2 Å². The van der Waals surface area contributed by atoms with E-state index in [4.69, 9.17) is 21.2 Å². The number of anilines is 1. The highest BCUT2D eigenvalue weighted by molar-refractivity contribution is 7.89. The average Bonchev–Trinajstić information content (AvgIpc) is 3.11. The zero-order valence-electron chi connectivity index (χ0n) is 14.8. The van der Waals surface area contributed by atoms with Crippen LogP contribution in [0.2, 0.25) is 5.02 Å². The van der Waals surface area contributed by atoms with Crippen LogP contribution in [0.1, 0.15) is 11.3 Å². The molecular formula is C20H17ClN2O4S. The molecule has 1 amide bonds. The van der Waals surface area contributed by atoms with Gasteiger partial charge in [0, 0.05) is 22.3 Å². The second-order valence-electron chi connectivity index (χ2n) is 6.06. The monoisotopic (exact) mass is 416 g/mol. The Hall–Kier alpha value is -2.87. The largest absolute Gasteiger partial charge is 0.457 e. The summed E-state index contributed by atoms with van der Waals surface area (Å²) < 4.78 is 28.2. The van der Waals surface area contributed by atoms with Crippen LogP contribution < -0.4 is 10.5 Å². The number of furan rings is 1. The Kier molecular flexibility index (Phi) is 5.69. The van der Waals surface area contributed by atoms with Crippen LogP contribution in [-0.2, 0) is 14.8 Å². The molecule has 28 heavy (non-hydrogen) atoms. The van der Waals surface area contributed by atoms with Gasteiger partial charge in [0.15, 0.2) is 0 Å².